The van der Waals surface area contributed by atoms with Crippen LogP contribution in [0.1, 0.15) is 36.3 Å². The van der Waals surface area contributed by atoms with E-state index in [4.69, 9.17) is 4.74 Å². The predicted molar refractivity (Wildman–Crippen MR) is 91.8 cm³/mol. The third-order valence-electron chi connectivity index (χ3n) is 3.64. The number of rotatable bonds is 7. The fraction of sp³-hybridized carbons (Fsp3) is 0.333. The number of benzene rings is 1. The molecule has 1 aromatic carbocycles. The molecule has 0 saturated carbocycles. The van der Waals surface area contributed by atoms with Gasteiger partial charge in [0, 0.05) is 12.6 Å². The minimum Gasteiger partial charge on any atom is -0.497 e. The number of nitrogens with zero attached hydrogens (tertiary/aromatic N) is 1. The lowest BCUT2D eigenvalue weighted by Crippen LogP contribution is -2.32. The number of aromatic nitrogens is 1. The highest BCUT2D eigenvalue weighted by atomic mass is 16.5. The van der Waals surface area contributed by atoms with Crippen molar-refractivity contribution in [1.82, 2.24) is 10.3 Å². The zero-order valence-electron chi connectivity index (χ0n) is 13.8. The Balaban J connectivity index is 1.90. The smallest absolute Gasteiger partial charge is 0.270 e. The van der Waals surface area contributed by atoms with Crippen LogP contribution in [0, 0.1) is 0 Å². The van der Waals surface area contributed by atoms with E-state index in [1.807, 2.05) is 44.2 Å². The first-order chi connectivity index (χ1) is 11.1. The number of anilines is 1. The van der Waals surface area contributed by atoms with E-state index in [2.05, 4.69) is 15.6 Å². The number of methoxy groups -OCH3 is 1. The van der Waals surface area contributed by atoms with E-state index in [-0.39, 0.29) is 11.9 Å². The van der Waals surface area contributed by atoms with Crippen molar-refractivity contribution in [3.8, 4) is 5.75 Å². The molecule has 2 aromatic rings. The van der Waals surface area contributed by atoms with Gasteiger partial charge in [0.1, 0.15) is 11.4 Å². The van der Waals surface area contributed by atoms with Gasteiger partial charge in [-0.05, 0) is 43.2 Å². The van der Waals surface area contributed by atoms with Gasteiger partial charge in [0.2, 0.25) is 0 Å². The molecule has 2 N–H and O–H groups in total. The Morgan fingerprint density at radius 2 is 1.96 bits per heavy atom. The Hall–Kier alpha value is -2.56. The topological polar surface area (TPSA) is 63.2 Å². The second-order valence-corrected chi connectivity index (χ2v) is 5.42. The molecule has 0 aliphatic heterocycles. The van der Waals surface area contributed by atoms with Crippen LogP contribution in [-0.2, 0) is 6.54 Å². The van der Waals surface area contributed by atoms with Gasteiger partial charge in [-0.25, -0.2) is 4.98 Å². The number of pyridine rings is 1. The Bertz CT molecular complexity index is 624. The largest absolute Gasteiger partial charge is 0.497 e. The van der Waals surface area contributed by atoms with Crippen LogP contribution in [0.4, 0.5) is 5.69 Å². The molecule has 1 aromatic heterocycles. The fourth-order valence-electron chi connectivity index (χ4n) is 1.98. The van der Waals surface area contributed by atoms with Crippen molar-refractivity contribution >= 4 is 11.6 Å². The lowest BCUT2D eigenvalue weighted by molar-refractivity contribution is 0.0934. The third-order valence-corrected chi connectivity index (χ3v) is 3.64. The number of nitrogens with one attached hydrogen (secondary N) is 2. The third kappa shape index (κ3) is 4.98. The molecular formula is C18H23N3O2. The van der Waals surface area contributed by atoms with Gasteiger partial charge in [-0.1, -0.05) is 19.1 Å². The molecule has 2 rings (SSSR count). The maximum Gasteiger partial charge on any atom is 0.270 e. The molecule has 0 aliphatic carbocycles. The zero-order chi connectivity index (χ0) is 16.7. The number of hydrogen-bond donors (Lipinski definition) is 2. The molecule has 5 heteroatoms. The quantitative estimate of drug-likeness (QED) is 0.824. The van der Waals surface area contributed by atoms with Gasteiger partial charge in [0.05, 0.1) is 19.0 Å². The van der Waals surface area contributed by atoms with Crippen LogP contribution < -0.4 is 15.4 Å². The number of ether oxygens (including phenoxy) is 1. The lowest BCUT2D eigenvalue weighted by atomic mass is 10.2. The molecule has 1 heterocycles. The van der Waals surface area contributed by atoms with Gasteiger partial charge in [-0.3, -0.25) is 4.79 Å². The van der Waals surface area contributed by atoms with Gasteiger partial charge in [0.25, 0.3) is 5.91 Å². The van der Waals surface area contributed by atoms with E-state index in [1.165, 1.54) is 0 Å². The van der Waals surface area contributed by atoms with Gasteiger partial charge in [0.15, 0.2) is 0 Å². The van der Waals surface area contributed by atoms with Crippen LogP contribution in [0.25, 0.3) is 0 Å². The van der Waals surface area contributed by atoms with E-state index < -0.39 is 0 Å². The van der Waals surface area contributed by atoms with Crippen LogP contribution in [0.2, 0.25) is 0 Å². The summed E-state index contributed by atoms with van der Waals surface area (Å²) in [6, 6.07) is 11.6. The molecule has 0 radical (unpaired) electrons. The summed E-state index contributed by atoms with van der Waals surface area (Å²) in [7, 11) is 1.65. The Kier molecular flexibility index (Phi) is 5.97. The van der Waals surface area contributed by atoms with Crippen molar-refractivity contribution in [2.45, 2.75) is 32.9 Å². The Morgan fingerprint density at radius 3 is 2.52 bits per heavy atom. The van der Waals surface area contributed by atoms with Crippen molar-refractivity contribution < 1.29 is 9.53 Å². The van der Waals surface area contributed by atoms with Gasteiger partial charge >= 0.3 is 0 Å². The number of amides is 1. The lowest BCUT2D eigenvalue weighted by Gasteiger charge is -2.11. The van der Waals surface area contributed by atoms with Crippen molar-refractivity contribution in [3.63, 3.8) is 0 Å². The molecule has 23 heavy (non-hydrogen) atoms. The van der Waals surface area contributed by atoms with Crippen molar-refractivity contribution in [3.05, 3.63) is 53.9 Å². The Morgan fingerprint density at radius 1 is 1.22 bits per heavy atom. The Labute approximate surface area is 137 Å². The highest BCUT2D eigenvalue weighted by molar-refractivity contribution is 5.92. The summed E-state index contributed by atoms with van der Waals surface area (Å²) in [5.41, 5.74) is 2.45. The van der Waals surface area contributed by atoms with Crippen LogP contribution in [-0.4, -0.2) is 24.0 Å². The molecule has 1 amide bonds. The average molecular weight is 313 g/mol. The van der Waals surface area contributed by atoms with E-state index in [9.17, 15) is 4.79 Å². The van der Waals surface area contributed by atoms with Crippen LogP contribution >= 0.6 is 0 Å². The SMILES string of the molecule is CCC(C)NC(=O)c1ccc(NCc2ccc(OC)cc2)cn1. The summed E-state index contributed by atoms with van der Waals surface area (Å²) in [4.78, 5) is 16.2. The highest BCUT2D eigenvalue weighted by Gasteiger charge is 2.09. The van der Waals surface area contributed by atoms with Crippen LogP contribution in [0.5, 0.6) is 5.75 Å². The summed E-state index contributed by atoms with van der Waals surface area (Å²) < 4.78 is 5.13. The van der Waals surface area contributed by atoms with Gasteiger partial charge < -0.3 is 15.4 Å². The first kappa shape index (κ1) is 16.8. The molecule has 0 spiro atoms. The minimum atomic E-state index is -0.138. The molecule has 1 unspecified atom stereocenters. The predicted octanol–water partition coefficient (Wildman–Crippen LogP) is 3.23. The number of hydrogen-bond acceptors (Lipinski definition) is 4. The highest BCUT2D eigenvalue weighted by Crippen LogP contribution is 2.13. The second-order valence-electron chi connectivity index (χ2n) is 5.42. The molecule has 0 fully saturated rings. The van der Waals surface area contributed by atoms with E-state index in [1.54, 1.807) is 19.4 Å². The van der Waals surface area contributed by atoms with E-state index >= 15 is 0 Å². The first-order valence-electron chi connectivity index (χ1n) is 7.76. The molecule has 1 atom stereocenters. The molecule has 5 nitrogen and oxygen atoms in total. The molecule has 122 valence electrons. The maximum atomic E-state index is 12.0. The van der Waals surface area contributed by atoms with Crippen molar-refractivity contribution in [1.29, 1.82) is 0 Å². The number of carbonyl (C=O) groups is 1. The van der Waals surface area contributed by atoms with Crippen molar-refractivity contribution in [2.24, 2.45) is 0 Å². The summed E-state index contributed by atoms with van der Waals surface area (Å²) in [5, 5.41) is 6.18. The maximum absolute atomic E-state index is 12.0. The van der Waals surface area contributed by atoms with Gasteiger partial charge in [-0.2, -0.15) is 0 Å². The first-order valence-corrected chi connectivity index (χ1v) is 7.76. The molecule has 0 aliphatic rings. The van der Waals surface area contributed by atoms with Gasteiger partial charge in [-0.15, -0.1) is 0 Å². The monoisotopic (exact) mass is 313 g/mol. The summed E-state index contributed by atoms with van der Waals surface area (Å²) in [6.07, 6.45) is 2.57. The summed E-state index contributed by atoms with van der Waals surface area (Å²) in [5.74, 6) is 0.702. The van der Waals surface area contributed by atoms with E-state index in [0.29, 0.717) is 12.2 Å². The second kappa shape index (κ2) is 8.17. The van der Waals surface area contributed by atoms with Crippen LogP contribution in [0.3, 0.4) is 0 Å². The zero-order valence-corrected chi connectivity index (χ0v) is 13.8. The van der Waals surface area contributed by atoms with Crippen molar-refractivity contribution in [2.75, 3.05) is 12.4 Å². The normalized spacial score (nSPS) is 11.6. The standard InChI is InChI=1S/C18H23N3O2/c1-4-13(2)21-18(22)17-10-7-15(12-20-17)19-11-14-5-8-16(23-3)9-6-14/h5-10,12-13,19H,4,11H2,1-3H3,(H,21,22). The van der Waals surface area contributed by atoms with E-state index in [0.717, 1.165) is 23.4 Å². The summed E-state index contributed by atoms with van der Waals surface area (Å²) >= 11 is 0. The van der Waals surface area contributed by atoms with Crippen LogP contribution in [0.15, 0.2) is 42.6 Å². The molecular weight excluding hydrogens is 290 g/mol. The molecule has 0 bridgehead atoms. The average Bonchev–Trinajstić information content (AvgIpc) is 2.60. The fourth-order valence-corrected chi connectivity index (χ4v) is 1.98. The number of carbonyl (C=O) groups excluding carboxylic acids is 1. The molecule has 0 saturated heterocycles. The minimum absolute atomic E-state index is 0.138. The summed E-state index contributed by atoms with van der Waals surface area (Å²) in [6.45, 7) is 4.69.